The Morgan fingerprint density at radius 3 is 2.53 bits per heavy atom. The molecular weight excluding hydrogens is 584 g/mol. The van der Waals surface area contributed by atoms with Crippen LogP contribution in [-0.4, -0.2) is 52.1 Å². The van der Waals surface area contributed by atoms with Crippen LogP contribution in [0.5, 0.6) is 0 Å². The highest BCUT2D eigenvalue weighted by molar-refractivity contribution is 9.10. The van der Waals surface area contributed by atoms with Gasteiger partial charge in [-0.05, 0) is 69.2 Å². The maximum absolute atomic E-state index is 12.9. The molecule has 34 heavy (non-hydrogen) atoms. The van der Waals surface area contributed by atoms with Gasteiger partial charge in [-0.15, -0.1) is 0 Å². The number of nitrogens with zero attached hydrogens (tertiary/aromatic N) is 4. The zero-order chi connectivity index (χ0) is 23.8. The van der Waals surface area contributed by atoms with E-state index in [9.17, 15) is 10.0 Å². The molecule has 9 heteroatoms. The zero-order valence-corrected chi connectivity index (χ0v) is 22.4. The van der Waals surface area contributed by atoms with E-state index >= 15 is 0 Å². The predicted octanol–water partition coefficient (Wildman–Crippen LogP) is 4.36. The number of pyridine rings is 2. The van der Waals surface area contributed by atoms with Gasteiger partial charge in [-0.2, -0.15) is 0 Å². The summed E-state index contributed by atoms with van der Waals surface area (Å²) >= 11 is 13.8. The van der Waals surface area contributed by atoms with E-state index in [0.29, 0.717) is 19.5 Å². The maximum Gasteiger partial charge on any atom is 0.227 e. The van der Waals surface area contributed by atoms with Crippen LogP contribution in [0.1, 0.15) is 34.0 Å². The first-order valence-electron chi connectivity index (χ1n) is 11.2. The molecule has 176 valence electrons. The van der Waals surface area contributed by atoms with Crippen molar-refractivity contribution in [2.75, 3.05) is 26.2 Å². The molecule has 0 radical (unpaired) electrons. The molecule has 1 saturated heterocycles. The lowest BCUT2D eigenvalue weighted by molar-refractivity contribution is -0.904. The Bertz CT molecular complexity index is 1230. The van der Waals surface area contributed by atoms with Gasteiger partial charge in [0.2, 0.25) is 18.3 Å². The van der Waals surface area contributed by atoms with Crippen LogP contribution in [-0.2, 0) is 24.1 Å². The second-order valence-corrected chi connectivity index (χ2v) is 10.9. The fourth-order valence-electron chi connectivity index (χ4n) is 4.93. The number of amides is 1. The third-order valence-corrected chi connectivity index (χ3v) is 7.92. The lowest BCUT2D eigenvalue weighted by Gasteiger charge is -2.40. The number of carbonyl (C=O) groups excluding carboxylic acids is 1. The average molecular weight is 608 g/mol. The third-order valence-electron chi connectivity index (χ3n) is 6.61. The molecule has 5 rings (SSSR count). The minimum atomic E-state index is -0.00128. The van der Waals surface area contributed by atoms with Crippen LogP contribution in [0.15, 0.2) is 57.9 Å². The number of carbonyl (C=O) groups is 1. The summed E-state index contributed by atoms with van der Waals surface area (Å²) in [6, 6.07) is 9.74. The Balaban J connectivity index is 1.40. The molecule has 0 saturated carbocycles. The molecule has 1 unspecified atom stereocenters. The maximum atomic E-state index is 12.9. The van der Waals surface area contributed by atoms with E-state index in [1.165, 1.54) is 29.1 Å². The van der Waals surface area contributed by atoms with E-state index in [1.54, 1.807) is 12.1 Å². The first-order valence-corrected chi connectivity index (χ1v) is 13.2. The van der Waals surface area contributed by atoms with Gasteiger partial charge in [-0.1, -0.05) is 27.5 Å². The van der Waals surface area contributed by atoms with Crippen molar-refractivity contribution in [1.29, 1.82) is 0 Å². The second kappa shape index (κ2) is 9.93. The SMILES string of the molecule is O=C(Cc1cc[n+](O)cc1)N1CCN(C2c3ncc(Br)cc3CCc3cc(Cl)cc(Br)c32)CC1. The molecule has 6 nitrogen and oxygen atoms in total. The fraction of sp³-hybridized carbons (Fsp3) is 0.320. The van der Waals surface area contributed by atoms with Crippen molar-refractivity contribution in [3.8, 4) is 0 Å². The number of aromatic nitrogens is 2. The van der Waals surface area contributed by atoms with Gasteiger partial charge >= 0.3 is 0 Å². The summed E-state index contributed by atoms with van der Waals surface area (Å²) < 4.78 is 2.96. The van der Waals surface area contributed by atoms with Crippen LogP contribution in [0, 0.1) is 0 Å². The van der Waals surface area contributed by atoms with Crippen LogP contribution in [0.2, 0.25) is 5.02 Å². The molecule has 1 atom stereocenters. The van der Waals surface area contributed by atoms with Gasteiger partial charge in [0.1, 0.15) is 0 Å². The van der Waals surface area contributed by atoms with E-state index in [-0.39, 0.29) is 11.9 Å². The van der Waals surface area contributed by atoms with E-state index in [4.69, 9.17) is 16.6 Å². The highest BCUT2D eigenvalue weighted by Crippen LogP contribution is 2.41. The Kier molecular flexibility index (Phi) is 6.93. The normalized spacial score (nSPS) is 18.2. The van der Waals surface area contributed by atoms with Crippen molar-refractivity contribution in [3.05, 3.63) is 90.8 Å². The molecule has 3 aromatic rings. The summed E-state index contributed by atoms with van der Waals surface area (Å²) in [5.41, 5.74) is 5.66. The quantitative estimate of drug-likeness (QED) is 0.355. The lowest BCUT2D eigenvalue weighted by Crippen LogP contribution is -2.50. The van der Waals surface area contributed by atoms with E-state index in [0.717, 1.165) is 55.9 Å². The molecule has 0 bridgehead atoms. The number of rotatable bonds is 3. The number of benzene rings is 1. The number of piperazine rings is 1. The second-order valence-electron chi connectivity index (χ2n) is 8.74. The lowest BCUT2D eigenvalue weighted by atomic mass is 9.96. The minimum Gasteiger partial charge on any atom is -0.340 e. The predicted molar refractivity (Wildman–Crippen MR) is 136 cm³/mol. The minimum absolute atomic E-state index is 0.00128. The number of fused-ring (bicyclic) bond motifs is 2. The van der Waals surface area contributed by atoms with Crippen molar-refractivity contribution in [3.63, 3.8) is 0 Å². The smallest absolute Gasteiger partial charge is 0.227 e. The number of aryl methyl sites for hydroxylation is 2. The fourth-order valence-corrected chi connectivity index (χ4v) is 6.40. The largest absolute Gasteiger partial charge is 0.340 e. The molecule has 3 heterocycles. The molecule has 0 spiro atoms. The Hall–Kier alpha value is -2.00. The van der Waals surface area contributed by atoms with Gasteiger partial charge in [0, 0.05) is 63.2 Å². The van der Waals surface area contributed by atoms with Gasteiger partial charge in [0.05, 0.1) is 18.2 Å². The van der Waals surface area contributed by atoms with Crippen molar-refractivity contribution in [1.82, 2.24) is 14.8 Å². The van der Waals surface area contributed by atoms with Gasteiger partial charge in [0.15, 0.2) is 0 Å². The van der Waals surface area contributed by atoms with Crippen molar-refractivity contribution >= 4 is 49.4 Å². The van der Waals surface area contributed by atoms with Crippen molar-refractivity contribution in [2.24, 2.45) is 0 Å². The van der Waals surface area contributed by atoms with Gasteiger partial charge in [0.25, 0.3) is 0 Å². The number of hydrogen-bond acceptors (Lipinski definition) is 4. The van der Waals surface area contributed by atoms with E-state index in [1.807, 2.05) is 17.2 Å². The number of hydrogen-bond donors (Lipinski definition) is 1. The molecule has 1 aliphatic heterocycles. The summed E-state index contributed by atoms with van der Waals surface area (Å²) in [4.78, 5) is 22.1. The molecule has 1 aliphatic carbocycles. The molecule has 1 fully saturated rings. The highest BCUT2D eigenvalue weighted by atomic mass is 79.9. The monoisotopic (exact) mass is 605 g/mol. The Morgan fingerprint density at radius 1 is 1.09 bits per heavy atom. The topological polar surface area (TPSA) is 60.6 Å². The molecule has 2 aromatic heterocycles. The van der Waals surface area contributed by atoms with Gasteiger partial charge in [-0.25, -0.2) is 0 Å². The molecule has 1 aromatic carbocycles. The van der Waals surface area contributed by atoms with Crippen LogP contribution in [0.25, 0.3) is 0 Å². The van der Waals surface area contributed by atoms with Crippen molar-refractivity contribution < 1.29 is 14.7 Å². The summed E-state index contributed by atoms with van der Waals surface area (Å²) in [5.74, 6) is 0.104. The first-order chi connectivity index (χ1) is 16.4. The van der Waals surface area contributed by atoms with Crippen LogP contribution in [0.3, 0.4) is 0 Å². The van der Waals surface area contributed by atoms with Crippen LogP contribution >= 0.6 is 43.5 Å². The zero-order valence-electron chi connectivity index (χ0n) is 18.4. The van der Waals surface area contributed by atoms with Crippen LogP contribution < -0.4 is 4.73 Å². The van der Waals surface area contributed by atoms with E-state index in [2.05, 4.69) is 48.9 Å². The van der Waals surface area contributed by atoms with Crippen molar-refractivity contribution in [2.45, 2.75) is 25.3 Å². The standard InChI is InChI=1S/C25H24Br2ClN4O2/c26-19-12-18-2-1-17-13-20(28)14-21(27)23(17)25(24(18)29-15-19)31-9-7-30(8-10-31)22(33)11-16-3-5-32(34)6-4-16/h3-6,12-15,25,34H,1-2,7-11H2/q+1. The van der Waals surface area contributed by atoms with E-state index < -0.39 is 0 Å². The number of halogens is 3. The Labute approximate surface area is 220 Å². The third kappa shape index (κ3) is 4.87. The highest BCUT2D eigenvalue weighted by Gasteiger charge is 2.34. The van der Waals surface area contributed by atoms with Gasteiger partial charge in [-0.3, -0.25) is 19.9 Å². The molecule has 2 aliphatic rings. The molecule has 1 amide bonds. The average Bonchev–Trinajstić information content (AvgIpc) is 2.97. The molecular formula is C25H24Br2ClN4O2+. The van der Waals surface area contributed by atoms with Gasteiger partial charge < -0.3 is 4.90 Å². The van der Waals surface area contributed by atoms with Crippen LogP contribution in [0.4, 0.5) is 0 Å². The Morgan fingerprint density at radius 2 is 1.79 bits per heavy atom. The summed E-state index contributed by atoms with van der Waals surface area (Å²) in [6.45, 7) is 2.84. The summed E-state index contributed by atoms with van der Waals surface area (Å²) in [5, 5.41) is 10.1. The molecule has 1 N–H and O–H groups in total. The first kappa shape index (κ1) is 23.7. The summed E-state index contributed by atoms with van der Waals surface area (Å²) in [6.07, 6.45) is 7.08. The summed E-state index contributed by atoms with van der Waals surface area (Å²) in [7, 11) is 0.